The lowest BCUT2D eigenvalue weighted by molar-refractivity contribution is -0.133. The molecule has 0 saturated carbocycles. The van der Waals surface area contributed by atoms with Gasteiger partial charge in [0.15, 0.2) is 0 Å². The summed E-state index contributed by atoms with van der Waals surface area (Å²) in [6.07, 6.45) is 0.992. The van der Waals surface area contributed by atoms with Crippen molar-refractivity contribution < 1.29 is 32.7 Å². The van der Waals surface area contributed by atoms with Crippen LogP contribution < -0.4 is 10.2 Å². The van der Waals surface area contributed by atoms with E-state index in [0.717, 1.165) is 4.90 Å². The van der Waals surface area contributed by atoms with Crippen molar-refractivity contribution in [3.05, 3.63) is 29.8 Å². The molecule has 2 heterocycles. The van der Waals surface area contributed by atoms with E-state index in [0.29, 0.717) is 24.2 Å². The Morgan fingerprint density at radius 2 is 1.86 bits per heavy atom. The zero-order valence-corrected chi connectivity index (χ0v) is 22.0. The Morgan fingerprint density at radius 1 is 1.24 bits per heavy atom. The lowest BCUT2D eigenvalue weighted by Gasteiger charge is -2.32. The fraction of sp³-hybridized carbons (Fsp3) is 0.583. The molecule has 4 amide bonds. The van der Waals surface area contributed by atoms with Gasteiger partial charge in [-0.15, -0.1) is 0 Å². The largest absolute Gasteiger partial charge is 0.490 e. The van der Waals surface area contributed by atoms with Gasteiger partial charge in [0, 0.05) is 26.7 Å². The number of hydrogen-bond donors (Lipinski definition) is 2. The molecule has 1 atom stereocenters. The van der Waals surface area contributed by atoms with Gasteiger partial charge < -0.3 is 9.64 Å². The van der Waals surface area contributed by atoms with Crippen molar-refractivity contribution in [3.63, 3.8) is 0 Å². The molecule has 2 saturated heterocycles. The maximum Gasteiger partial charge on any atom is 0.327 e. The maximum absolute atomic E-state index is 13.1. The second kappa shape index (κ2) is 11.5. The number of rotatable bonds is 10. The van der Waals surface area contributed by atoms with Crippen molar-refractivity contribution in [2.24, 2.45) is 5.92 Å². The minimum absolute atomic E-state index is 0.0404. The number of ether oxygens (including phenoxy) is 1. The summed E-state index contributed by atoms with van der Waals surface area (Å²) in [6.45, 7) is 3.75. The summed E-state index contributed by atoms with van der Waals surface area (Å²) in [5.74, 6) is -2.15. The molecule has 13 heteroatoms. The number of carbonyl (C=O) groups is 3. The number of urea groups is 1. The van der Waals surface area contributed by atoms with E-state index in [1.165, 1.54) is 21.7 Å². The number of nitriles is 1. The fourth-order valence-electron chi connectivity index (χ4n) is 4.44. The van der Waals surface area contributed by atoms with Gasteiger partial charge in [0.05, 0.1) is 23.3 Å². The molecule has 1 aromatic carbocycles. The van der Waals surface area contributed by atoms with Gasteiger partial charge in [0.25, 0.3) is 5.91 Å². The second-order valence-corrected chi connectivity index (χ2v) is 11.8. The number of likely N-dealkylation sites (N-methyl/N-ethyl adjacent to an activating group) is 1. The van der Waals surface area contributed by atoms with Gasteiger partial charge >= 0.3 is 6.03 Å². The zero-order valence-electron chi connectivity index (χ0n) is 21.2. The summed E-state index contributed by atoms with van der Waals surface area (Å²) in [4.78, 5) is 39.6. The average Bonchev–Trinajstić information content (AvgIpc) is 3.02. The summed E-state index contributed by atoms with van der Waals surface area (Å²) in [6, 6.07) is 8.28. The summed E-state index contributed by atoms with van der Waals surface area (Å²) in [5.41, 5.74) is 1.08. The Hall–Kier alpha value is -3.21. The number of sulfonamides is 1. The Morgan fingerprint density at radius 3 is 2.38 bits per heavy atom. The molecule has 1 unspecified atom stereocenters. The van der Waals surface area contributed by atoms with E-state index in [9.17, 15) is 22.8 Å². The van der Waals surface area contributed by atoms with Gasteiger partial charge in [-0.1, -0.05) is 0 Å². The standard InChI is InChI=1S/C24H33N5O7S/c1-24(2)22(31)29(23(32)27(24)3)12-4-5-18(21(30)26-33)16-37(34,35)28-13-10-20(11-14-28)36-19-8-6-17(15-25)7-9-19/h6-9,18,20,33H,4-5,10-14,16H2,1-3H3,(H,26,30). The van der Waals surface area contributed by atoms with Crippen molar-refractivity contribution in [3.8, 4) is 11.8 Å². The number of benzene rings is 1. The molecule has 2 fully saturated rings. The number of piperidine rings is 1. The highest BCUT2D eigenvalue weighted by molar-refractivity contribution is 7.89. The van der Waals surface area contributed by atoms with Crippen LogP contribution in [0.2, 0.25) is 0 Å². The van der Waals surface area contributed by atoms with Crippen molar-refractivity contribution in [2.45, 2.75) is 51.2 Å². The predicted octanol–water partition coefficient (Wildman–Crippen LogP) is 1.31. The highest BCUT2D eigenvalue weighted by atomic mass is 32.2. The molecule has 1 aromatic rings. The normalized spacial score (nSPS) is 19.5. The van der Waals surface area contributed by atoms with Crippen LogP contribution in [0.4, 0.5) is 4.79 Å². The molecular formula is C24H33N5O7S. The minimum atomic E-state index is -3.83. The van der Waals surface area contributed by atoms with Gasteiger partial charge in [-0.3, -0.25) is 19.7 Å². The third-order valence-electron chi connectivity index (χ3n) is 7.03. The number of imide groups is 1. The van der Waals surface area contributed by atoms with Crippen molar-refractivity contribution in [1.29, 1.82) is 5.26 Å². The first-order valence-corrected chi connectivity index (χ1v) is 13.7. The van der Waals surface area contributed by atoms with Crippen molar-refractivity contribution >= 4 is 27.9 Å². The Kier molecular flexibility index (Phi) is 8.78. The quantitative estimate of drug-likeness (QED) is 0.258. The summed E-state index contributed by atoms with van der Waals surface area (Å²) in [5, 5.41) is 18.0. The van der Waals surface area contributed by atoms with E-state index in [1.54, 1.807) is 38.1 Å². The van der Waals surface area contributed by atoms with Gasteiger partial charge in [0.2, 0.25) is 15.9 Å². The molecule has 0 aromatic heterocycles. The second-order valence-electron chi connectivity index (χ2n) is 9.80. The Bertz CT molecular complexity index is 1150. The van der Waals surface area contributed by atoms with Crippen LogP contribution in [0.25, 0.3) is 0 Å². The molecule has 37 heavy (non-hydrogen) atoms. The molecule has 3 rings (SSSR count). The molecule has 0 radical (unpaired) electrons. The molecule has 2 aliphatic rings. The van der Waals surface area contributed by atoms with Crippen LogP contribution in [0.15, 0.2) is 24.3 Å². The average molecular weight is 536 g/mol. The van der Waals surface area contributed by atoms with Crippen LogP contribution in [0.3, 0.4) is 0 Å². The van der Waals surface area contributed by atoms with E-state index in [2.05, 4.69) is 0 Å². The number of amides is 4. The van der Waals surface area contributed by atoms with E-state index in [4.69, 9.17) is 15.2 Å². The minimum Gasteiger partial charge on any atom is -0.490 e. The summed E-state index contributed by atoms with van der Waals surface area (Å²) >= 11 is 0. The van der Waals surface area contributed by atoms with E-state index in [-0.39, 0.29) is 44.5 Å². The van der Waals surface area contributed by atoms with Gasteiger partial charge in [0.1, 0.15) is 17.4 Å². The van der Waals surface area contributed by atoms with Crippen LogP contribution >= 0.6 is 0 Å². The van der Waals surface area contributed by atoms with Gasteiger partial charge in [-0.25, -0.2) is 23.0 Å². The van der Waals surface area contributed by atoms with E-state index >= 15 is 0 Å². The summed E-state index contributed by atoms with van der Waals surface area (Å²) in [7, 11) is -2.29. The highest BCUT2D eigenvalue weighted by Crippen LogP contribution is 2.27. The molecule has 0 aliphatic carbocycles. The van der Waals surface area contributed by atoms with Crippen LogP contribution in [-0.2, 0) is 19.6 Å². The number of carbonyl (C=O) groups excluding carboxylic acids is 3. The van der Waals surface area contributed by atoms with Crippen molar-refractivity contribution in [2.75, 3.05) is 32.4 Å². The van der Waals surface area contributed by atoms with Crippen LogP contribution in [-0.4, -0.2) is 89.7 Å². The lowest BCUT2D eigenvalue weighted by Crippen LogP contribution is -2.45. The van der Waals surface area contributed by atoms with E-state index < -0.39 is 39.2 Å². The van der Waals surface area contributed by atoms with Crippen LogP contribution in [0, 0.1) is 17.2 Å². The van der Waals surface area contributed by atoms with Gasteiger partial charge in [-0.2, -0.15) is 5.26 Å². The van der Waals surface area contributed by atoms with Crippen LogP contribution in [0.1, 0.15) is 45.1 Å². The van der Waals surface area contributed by atoms with E-state index in [1.807, 2.05) is 6.07 Å². The van der Waals surface area contributed by atoms with Crippen molar-refractivity contribution in [1.82, 2.24) is 19.6 Å². The molecule has 12 nitrogen and oxygen atoms in total. The smallest absolute Gasteiger partial charge is 0.327 e. The number of hydrogen-bond acceptors (Lipinski definition) is 8. The Balaban J connectivity index is 1.54. The van der Waals surface area contributed by atoms with Gasteiger partial charge in [-0.05, 0) is 63.8 Å². The molecular weight excluding hydrogens is 502 g/mol. The predicted molar refractivity (Wildman–Crippen MR) is 132 cm³/mol. The highest BCUT2D eigenvalue weighted by Gasteiger charge is 2.48. The maximum atomic E-state index is 13.1. The third-order valence-corrected chi connectivity index (χ3v) is 9.01. The fourth-order valence-corrected chi connectivity index (χ4v) is 6.25. The number of nitrogens with one attached hydrogen (secondary N) is 1. The lowest BCUT2D eigenvalue weighted by atomic mass is 10.0. The molecule has 0 bridgehead atoms. The first-order valence-electron chi connectivity index (χ1n) is 12.1. The third kappa shape index (κ3) is 6.38. The molecule has 2 N–H and O–H groups in total. The first-order chi connectivity index (χ1) is 17.4. The first kappa shape index (κ1) is 28.4. The van der Waals surface area contributed by atoms with Crippen LogP contribution in [0.5, 0.6) is 5.75 Å². The number of hydroxylamine groups is 1. The monoisotopic (exact) mass is 535 g/mol. The SMILES string of the molecule is CN1C(=O)N(CCCC(CS(=O)(=O)N2CCC(Oc3ccc(C#N)cc3)CC2)C(=O)NO)C(=O)C1(C)C. The molecule has 2 aliphatic heterocycles. The summed E-state index contributed by atoms with van der Waals surface area (Å²) < 4.78 is 33.4. The number of nitrogens with zero attached hydrogens (tertiary/aromatic N) is 4. The molecule has 0 spiro atoms. The molecule has 202 valence electrons. The topological polar surface area (TPSA) is 160 Å². The zero-order chi connectivity index (χ0) is 27.4. The Labute approximate surface area is 216 Å².